The zero-order chi connectivity index (χ0) is 26.5. The van der Waals surface area contributed by atoms with E-state index in [4.69, 9.17) is 0 Å². The molecule has 2 amide bonds. The van der Waals surface area contributed by atoms with E-state index in [0.29, 0.717) is 12.8 Å². The number of nitrogens with zero attached hydrogens (tertiary/aromatic N) is 1. The van der Waals surface area contributed by atoms with Crippen molar-refractivity contribution in [2.24, 2.45) is 5.92 Å². The first-order valence-electron chi connectivity index (χ1n) is 13.4. The summed E-state index contributed by atoms with van der Waals surface area (Å²) < 4.78 is 0. The Balaban J connectivity index is 1.37. The monoisotopic (exact) mass is 512 g/mol. The van der Waals surface area contributed by atoms with Crippen molar-refractivity contribution in [1.29, 1.82) is 0 Å². The minimum atomic E-state index is -0.722. The van der Waals surface area contributed by atoms with Gasteiger partial charge in [-0.1, -0.05) is 60.7 Å². The van der Waals surface area contributed by atoms with Gasteiger partial charge in [-0.15, -0.1) is 0 Å². The molecule has 38 heavy (non-hydrogen) atoms. The zero-order valence-electron chi connectivity index (χ0n) is 21.8. The van der Waals surface area contributed by atoms with Crippen LogP contribution in [0.5, 0.6) is 0 Å². The number of carbonyl (C=O) groups excluding carboxylic acids is 2. The minimum Gasteiger partial charge on any atom is -0.394 e. The number of aliphatic hydroxyl groups is 1. The van der Waals surface area contributed by atoms with Crippen LogP contribution in [0.4, 0.5) is 0 Å². The average Bonchev–Trinajstić information content (AvgIpc) is 3.38. The third kappa shape index (κ3) is 5.74. The number of aromatic nitrogens is 1. The molecule has 2 atom stereocenters. The molecule has 0 saturated carbocycles. The molecular formula is C31H36N4O3. The molecule has 5 rings (SSSR count). The van der Waals surface area contributed by atoms with E-state index in [1.807, 2.05) is 48.7 Å². The summed E-state index contributed by atoms with van der Waals surface area (Å²) in [5.74, 6) is -0.371. The van der Waals surface area contributed by atoms with Gasteiger partial charge in [0.2, 0.25) is 11.8 Å². The van der Waals surface area contributed by atoms with Crippen molar-refractivity contribution < 1.29 is 14.7 Å². The van der Waals surface area contributed by atoms with E-state index in [0.717, 1.165) is 58.7 Å². The third-order valence-corrected chi connectivity index (χ3v) is 7.81. The van der Waals surface area contributed by atoms with Crippen LogP contribution in [0, 0.1) is 5.92 Å². The summed E-state index contributed by atoms with van der Waals surface area (Å²) in [6, 6.07) is 21.2. The quantitative estimate of drug-likeness (QED) is 0.276. The number of rotatable bonds is 9. The van der Waals surface area contributed by atoms with Gasteiger partial charge < -0.3 is 25.6 Å². The lowest BCUT2D eigenvalue weighted by Gasteiger charge is -2.32. The average molecular weight is 513 g/mol. The van der Waals surface area contributed by atoms with Gasteiger partial charge in [0, 0.05) is 36.5 Å². The predicted octanol–water partition coefficient (Wildman–Crippen LogP) is 3.41. The fourth-order valence-electron chi connectivity index (χ4n) is 5.48. The number of H-pyrrole nitrogens is 1. The van der Waals surface area contributed by atoms with Gasteiger partial charge in [0.05, 0.1) is 12.6 Å². The molecule has 1 saturated heterocycles. The Kier molecular flexibility index (Phi) is 8.05. The summed E-state index contributed by atoms with van der Waals surface area (Å²) in [5.41, 5.74) is 3.05. The lowest BCUT2D eigenvalue weighted by atomic mass is 9.95. The van der Waals surface area contributed by atoms with Gasteiger partial charge in [-0.3, -0.25) is 9.59 Å². The van der Waals surface area contributed by atoms with Crippen LogP contribution in [-0.2, 0) is 22.4 Å². The number of nitrogens with one attached hydrogen (secondary N) is 3. The summed E-state index contributed by atoms with van der Waals surface area (Å²) in [6.45, 7) is 1.43. The van der Waals surface area contributed by atoms with E-state index < -0.39 is 12.1 Å². The summed E-state index contributed by atoms with van der Waals surface area (Å²) in [6.07, 6.45) is 4.36. The van der Waals surface area contributed by atoms with Crippen LogP contribution in [0.3, 0.4) is 0 Å². The van der Waals surface area contributed by atoms with E-state index in [2.05, 4.69) is 39.9 Å². The highest BCUT2D eigenvalue weighted by Crippen LogP contribution is 2.22. The predicted molar refractivity (Wildman–Crippen MR) is 151 cm³/mol. The Morgan fingerprint density at radius 3 is 2.53 bits per heavy atom. The van der Waals surface area contributed by atoms with E-state index in [-0.39, 0.29) is 24.3 Å². The summed E-state index contributed by atoms with van der Waals surface area (Å²) in [4.78, 5) is 32.0. The molecule has 1 aliphatic heterocycles. The van der Waals surface area contributed by atoms with Gasteiger partial charge in [-0.25, -0.2) is 0 Å². The maximum Gasteiger partial charge on any atom is 0.245 e. The Morgan fingerprint density at radius 1 is 1.00 bits per heavy atom. The molecule has 0 spiro atoms. The minimum absolute atomic E-state index is 0.0729. The number of likely N-dealkylation sites (N-methyl/N-ethyl adjacent to an activating group) is 1. The molecule has 7 nitrogen and oxygen atoms in total. The van der Waals surface area contributed by atoms with Gasteiger partial charge in [-0.2, -0.15) is 0 Å². The van der Waals surface area contributed by atoms with Crippen molar-refractivity contribution in [2.75, 3.05) is 26.7 Å². The third-order valence-electron chi connectivity index (χ3n) is 7.81. The number of para-hydroxylation sites is 1. The van der Waals surface area contributed by atoms with Crippen LogP contribution >= 0.6 is 0 Å². The number of amides is 2. The highest BCUT2D eigenvalue weighted by molar-refractivity contribution is 5.89. The van der Waals surface area contributed by atoms with E-state index in [9.17, 15) is 14.7 Å². The highest BCUT2D eigenvalue weighted by Gasteiger charge is 2.31. The summed E-state index contributed by atoms with van der Waals surface area (Å²) in [5, 5.41) is 20.0. The summed E-state index contributed by atoms with van der Waals surface area (Å²) >= 11 is 0. The molecule has 1 aliphatic rings. The Labute approximate surface area is 223 Å². The first kappa shape index (κ1) is 25.9. The van der Waals surface area contributed by atoms with Crippen LogP contribution in [0.15, 0.2) is 72.9 Å². The smallest absolute Gasteiger partial charge is 0.245 e. The number of carbonyl (C=O) groups is 2. The van der Waals surface area contributed by atoms with E-state index in [1.165, 1.54) is 0 Å². The molecule has 7 heteroatoms. The van der Waals surface area contributed by atoms with Crippen molar-refractivity contribution in [2.45, 2.75) is 37.8 Å². The lowest BCUT2D eigenvalue weighted by molar-refractivity contribution is -0.138. The number of aromatic amines is 1. The van der Waals surface area contributed by atoms with E-state index >= 15 is 0 Å². The molecule has 4 aromatic rings. The van der Waals surface area contributed by atoms with Crippen LogP contribution in [-0.4, -0.2) is 65.6 Å². The Bertz CT molecular complexity index is 1410. The molecule has 1 unspecified atom stereocenters. The molecule has 0 bridgehead atoms. The van der Waals surface area contributed by atoms with Crippen molar-refractivity contribution in [3.63, 3.8) is 0 Å². The normalized spacial score (nSPS) is 15.8. The number of aliphatic hydroxyl groups excluding tert-OH is 1. The second-order valence-electron chi connectivity index (χ2n) is 10.3. The number of fused-ring (bicyclic) bond motifs is 2. The Hall–Kier alpha value is -3.68. The fraction of sp³-hybridized carbons (Fsp3) is 0.355. The van der Waals surface area contributed by atoms with Crippen molar-refractivity contribution >= 4 is 33.5 Å². The van der Waals surface area contributed by atoms with Gasteiger partial charge in [0.1, 0.15) is 6.04 Å². The topological polar surface area (TPSA) is 97.5 Å². The lowest BCUT2D eigenvalue weighted by Crippen LogP contribution is -2.54. The second-order valence-corrected chi connectivity index (χ2v) is 10.3. The maximum atomic E-state index is 13.9. The van der Waals surface area contributed by atoms with Crippen molar-refractivity contribution in [3.05, 3.63) is 84.1 Å². The number of hydrogen-bond donors (Lipinski definition) is 4. The van der Waals surface area contributed by atoms with Crippen LogP contribution < -0.4 is 10.6 Å². The van der Waals surface area contributed by atoms with Crippen LogP contribution in [0.25, 0.3) is 21.7 Å². The Morgan fingerprint density at radius 2 is 1.74 bits per heavy atom. The standard InChI is InChI=1S/C31H36N4O3/c1-35(26(20-36)18-25-19-33-28-9-5-4-8-27(25)28)31(38)29(34-30(37)23-12-14-32-15-13-23)17-21-10-11-22-6-2-3-7-24(22)16-21/h2-11,16,19,23,26,29,32-33,36H,12-15,17-18,20H2,1H3,(H,34,37)/t26?,29-/m1/s1. The molecule has 4 N–H and O–H groups in total. The molecule has 0 radical (unpaired) electrons. The van der Waals surface area contributed by atoms with Crippen molar-refractivity contribution in [1.82, 2.24) is 20.5 Å². The van der Waals surface area contributed by atoms with Crippen LogP contribution in [0.2, 0.25) is 0 Å². The van der Waals surface area contributed by atoms with Crippen molar-refractivity contribution in [3.8, 4) is 0 Å². The number of hydrogen-bond acceptors (Lipinski definition) is 4. The molecule has 1 fully saturated rings. The fourth-order valence-corrected chi connectivity index (χ4v) is 5.48. The van der Waals surface area contributed by atoms with E-state index in [1.54, 1.807) is 11.9 Å². The van der Waals surface area contributed by atoms with Gasteiger partial charge in [-0.05, 0) is 60.3 Å². The van der Waals surface area contributed by atoms with Gasteiger partial charge in [0.15, 0.2) is 0 Å². The molecule has 198 valence electrons. The van der Waals surface area contributed by atoms with Crippen LogP contribution in [0.1, 0.15) is 24.0 Å². The first-order chi connectivity index (χ1) is 18.5. The van der Waals surface area contributed by atoms with Gasteiger partial charge >= 0.3 is 0 Å². The first-order valence-corrected chi connectivity index (χ1v) is 13.4. The maximum absolute atomic E-state index is 13.9. The molecule has 0 aliphatic carbocycles. The second kappa shape index (κ2) is 11.8. The SMILES string of the molecule is CN(C(=O)[C@@H](Cc1ccc2ccccc2c1)NC(=O)C1CCNCC1)C(CO)Cc1c[nH]c2ccccc12. The zero-order valence-corrected chi connectivity index (χ0v) is 21.8. The molecule has 3 aromatic carbocycles. The molecular weight excluding hydrogens is 476 g/mol. The van der Waals surface area contributed by atoms with Gasteiger partial charge in [0.25, 0.3) is 0 Å². The molecule has 2 heterocycles. The molecule has 1 aromatic heterocycles. The highest BCUT2D eigenvalue weighted by atomic mass is 16.3. The largest absolute Gasteiger partial charge is 0.394 e. The number of benzene rings is 3. The number of piperidine rings is 1. The summed E-state index contributed by atoms with van der Waals surface area (Å²) in [7, 11) is 1.72.